The molecule has 0 fully saturated rings. The Morgan fingerprint density at radius 1 is 0.875 bits per heavy atom. The van der Waals surface area contributed by atoms with E-state index in [1.54, 1.807) is 0 Å². The molecule has 5 nitrogen and oxygen atoms in total. The van der Waals surface area contributed by atoms with Gasteiger partial charge in [-0.1, -0.05) is 0 Å². The quantitative estimate of drug-likeness (QED) is 0.526. The highest BCUT2D eigenvalue weighted by Crippen LogP contribution is 2.27. The van der Waals surface area contributed by atoms with Crippen LogP contribution in [0.1, 0.15) is 20.7 Å². The van der Waals surface area contributed by atoms with Gasteiger partial charge in [-0.15, -0.1) is 0 Å². The van der Waals surface area contributed by atoms with Gasteiger partial charge in [0.1, 0.15) is 11.1 Å². The second-order valence-corrected chi connectivity index (χ2v) is 2.72. The fourth-order valence-corrected chi connectivity index (χ4v) is 1.08. The number of carbonyl (C=O) groups is 2. The summed E-state index contributed by atoms with van der Waals surface area (Å²) in [6.07, 6.45) is 0. The fourth-order valence-electron chi connectivity index (χ4n) is 1.08. The summed E-state index contributed by atoms with van der Waals surface area (Å²) in [6.45, 7) is 0. The normalized spacial score (nSPS) is 10.2. The van der Waals surface area contributed by atoms with E-state index in [-0.39, 0.29) is 0 Å². The zero-order valence-electron chi connectivity index (χ0n) is 7.42. The highest BCUT2D eigenvalue weighted by atomic mass is 19.2. The maximum absolute atomic E-state index is 13.1. The third-order valence-electron chi connectivity index (χ3n) is 1.78. The van der Waals surface area contributed by atoms with Crippen LogP contribution in [0.3, 0.4) is 0 Å². The van der Waals surface area contributed by atoms with E-state index < -0.39 is 46.2 Å². The minimum atomic E-state index is -2.10. The molecule has 0 amide bonds. The van der Waals surface area contributed by atoms with E-state index in [2.05, 4.69) is 0 Å². The van der Waals surface area contributed by atoms with Gasteiger partial charge in [0.05, 0.1) is 5.69 Å². The van der Waals surface area contributed by atoms with Gasteiger partial charge in [0, 0.05) is 0 Å². The molecule has 0 aromatic heterocycles. The highest BCUT2D eigenvalue weighted by Gasteiger charge is 2.30. The van der Waals surface area contributed by atoms with Gasteiger partial charge < -0.3 is 15.9 Å². The van der Waals surface area contributed by atoms with Gasteiger partial charge in [-0.3, -0.25) is 0 Å². The van der Waals surface area contributed by atoms with Crippen molar-refractivity contribution in [1.82, 2.24) is 0 Å². The Balaban J connectivity index is 3.77. The number of nitrogen functional groups attached to an aromatic ring is 1. The number of nitrogens with two attached hydrogens (primary N) is 1. The van der Waals surface area contributed by atoms with Gasteiger partial charge in [0.15, 0.2) is 17.5 Å². The van der Waals surface area contributed by atoms with Crippen LogP contribution >= 0.6 is 0 Å². The Morgan fingerprint density at radius 3 is 1.62 bits per heavy atom. The fraction of sp³-hybridized carbons (Fsp3) is 0. The first-order chi connectivity index (χ1) is 7.29. The molecule has 0 saturated heterocycles. The average molecular weight is 235 g/mol. The molecule has 0 aliphatic carbocycles. The topological polar surface area (TPSA) is 101 Å². The number of rotatable bonds is 2. The van der Waals surface area contributed by atoms with E-state index >= 15 is 0 Å². The average Bonchev–Trinajstić information content (AvgIpc) is 2.14. The minimum absolute atomic E-state index is 1.26. The molecule has 0 aliphatic rings. The lowest BCUT2D eigenvalue weighted by Gasteiger charge is -2.08. The van der Waals surface area contributed by atoms with Crippen molar-refractivity contribution in [2.24, 2.45) is 0 Å². The van der Waals surface area contributed by atoms with Crippen molar-refractivity contribution in [3.05, 3.63) is 28.6 Å². The van der Waals surface area contributed by atoms with Gasteiger partial charge in [-0.05, 0) is 0 Å². The molecule has 1 aromatic rings. The van der Waals surface area contributed by atoms with Crippen molar-refractivity contribution in [1.29, 1.82) is 0 Å². The molecule has 4 N–H and O–H groups in total. The molecular weight excluding hydrogens is 231 g/mol. The van der Waals surface area contributed by atoms with Crippen LogP contribution in [0.25, 0.3) is 0 Å². The third kappa shape index (κ3) is 1.53. The van der Waals surface area contributed by atoms with E-state index in [0.29, 0.717) is 0 Å². The van der Waals surface area contributed by atoms with Crippen molar-refractivity contribution in [3.8, 4) is 0 Å². The maximum atomic E-state index is 13.1. The summed E-state index contributed by atoms with van der Waals surface area (Å²) in [5.74, 6) is -10.0. The predicted molar refractivity (Wildman–Crippen MR) is 44.6 cm³/mol. The van der Waals surface area contributed by atoms with E-state index in [4.69, 9.17) is 15.9 Å². The van der Waals surface area contributed by atoms with E-state index in [1.165, 1.54) is 0 Å². The first-order valence-electron chi connectivity index (χ1n) is 3.71. The van der Waals surface area contributed by atoms with Crippen LogP contribution in [-0.4, -0.2) is 22.2 Å². The van der Waals surface area contributed by atoms with Crippen molar-refractivity contribution in [2.75, 3.05) is 5.73 Å². The van der Waals surface area contributed by atoms with E-state index in [0.717, 1.165) is 0 Å². The molecule has 8 heteroatoms. The second kappa shape index (κ2) is 3.72. The van der Waals surface area contributed by atoms with Crippen LogP contribution in [0.15, 0.2) is 0 Å². The molecule has 0 aliphatic heterocycles. The largest absolute Gasteiger partial charge is 0.478 e. The van der Waals surface area contributed by atoms with Gasteiger partial charge in [0.2, 0.25) is 0 Å². The Kier molecular flexibility index (Phi) is 2.75. The predicted octanol–water partition coefficient (Wildman–Crippen LogP) is 1.08. The Labute approximate surface area is 85.9 Å². The number of hydrogen-bond donors (Lipinski definition) is 3. The first kappa shape index (κ1) is 11.8. The monoisotopic (exact) mass is 235 g/mol. The zero-order valence-corrected chi connectivity index (χ0v) is 7.42. The van der Waals surface area contributed by atoms with Crippen molar-refractivity contribution >= 4 is 17.6 Å². The molecule has 0 radical (unpaired) electrons. The summed E-state index contributed by atoms with van der Waals surface area (Å²) in [7, 11) is 0. The Morgan fingerprint density at radius 2 is 1.25 bits per heavy atom. The third-order valence-corrected chi connectivity index (χ3v) is 1.78. The van der Waals surface area contributed by atoms with Crippen LogP contribution in [-0.2, 0) is 0 Å². The smallest absolute Gasteiger partial charge is 0.341 e. The summed E-state index contributed by atoms with van der Waals surface area (Å²) in [5.41, 5.74) is 0.550. The van der Waals surface area contributed by atoms with Gasteiger partial charge in [-0.2, -0.15) is 0 Å². The molecule has 1 aromatic carbocycles. The summed E-state index contributed by atoms with van der Waals surface area (Å²) in [6, 6.07) is 0. The molecule has 0 heterocycles. The minimum Gasteiger partial charge on any atom is -0.478 e. The van der Waals surface area contributed by atoms with Crippen LogP contribution in [0.4, 0.5) is 18.9 Å². The molecule has 1 rings (SSSR count). The van der Waals surface area contributed by atoms with Crippen molar-refractivity contribution < 1.29 is 33.0 Å². The number of benzene rings is 1. The summed E-state index contributed by atoms with van der Waals surface area (Å²) < 4.78 is 39.2. The molecule has 0 bridgehead atoms. The summed E-state index contributed by atoms with van der Waals surface area (Å²) in [4.78, 5) is 20.8. The lowest BCUT2D eigenvalue weighted by Crippen LogP contribution is -2.16. The number of hydrogen-bond acceptors (Lipinski definition) is 3. The first-order valence-corrected chi connectivity index (χ1v) is 3.71. The standard InChI is InChI=1S/C8H4F3NO4/c9-3-1(7(13)14)5(11)6(12)2(4(3)10)8(15)16/h12H2,(H,13,14)(H,15,16). The molecule has 0 spiro atoms. The van der Waals surface area contributed by atoms with Gasteiger partial charge in [0.25, 0.3) is 0 Å². The molecule has 16 heavy (non-hydrogen) atoms. The maximum Gasteiger partial charge on any atom is 0.341 e. The number of carboxylic acids is 2. The molecule has 0 unspecified atom stereocenters. The lowest BCUT2D eigenvalue weighted by atomic mass is 10.1. The van der Waals surface area contributed by atoms with Crippen LogP contribution in [0.2, 0.25) is 0 Å². The summed E-state index contributed by atoms with van der Waals surface area (Å²) >= 11 is 0. The van der Waals surface area contributed by atoms with Crippen molar-refractivity contribution in [2.45, 2.75) is 0 Å². The Hall–Kier alpha value is -2.25. The van der Waals surface area contributed by atoms with Gasteiger partial charge in [-0.25, -0.2) is 22.8 Å². The molecular formula is C8H4F3NO4. The lowest BCUT2D eigenvalue weighted by molar-refractivity contribution is 0.0666. The number of halogens is 3. The summed E-state index contributed by atoms with van der Waals surface area (Å²) in [5, 5.41) is 16.8. The van der Waals surface area contributed by atoms with Gasteiger partial charge >= 0.3 is 11.9 Å². The van der Waals surface area contributed by atoms with Crippen LogP contribution < -0.4 is 5.73 Å². The van der Waals surface area contributed by atoms with E-state index in [1.807, 2.05) is 0 Å². The molecule has 0 atom stereocenters. The molecule has 86 valence electrons. The highest BCUT2D eigenvalue weighted by molar-refractivity contribution is 5.97. The SMILES string of the molecule is Nc1c(F)c(C(=O)O)c(F)c(F)c1C(=O)O. The van der Waals surface area contributed by atoms with Crippen LogP contribution in [0, 0.1) is 17.5 Å². The van der Waals surface area contributed by atoms with E-state index in [9.17, 15) is 22.8 Å². The number of carboxylic acid groups (broad SMARTS) is 2. The van der Waals surface area contributed by atoms with Crippen LogP contribution in [0.5, 0.6) is 0 Å². The Bertz CT molecular complexity index is 427. The molecule has 0 saturated carbocycles. The second-order valence-electron chi connectivity index (χ2n) is 2.72. The zero-order chi connectivity index (χ0) is 12.6. The number of aromatic carboxylic acids is 2. The number of anilines is 1. The van der Waals surface area contributed by atoms with Crippen molar-refractivity contribution in [3.63, 3.8) is 0 Å².